The molecule has 4 heteroatoms. The van der Waals surface area contributed by atoms with Crippen LogP contribution in [0, 0.1) is 0 Å². The molecule has 0 aliphatic heterocycles. The van der Waals surface area contributed by atoms with Crippen molar-refractivity contribution in [2.75, 3.05) is 11.9 Å². The molecule has 0 saturated carbocycles. The third kappa shape index (κ3) is 1.80. The van der Waals surface area contributed by atoms with Crippen LogP contribution in [0.3, 0.4) is 0 Å². The Morgan fingerprint density at radius 2 is 2.20 bits per heavy atom. The van der Waals surface area contributed by atoms with E-state index in [0.717, 1.165) is 16.7 Å². The lowest BCUT2D eigenvalue weighted by atomic mass is 10.2. The van der Waals surface area contributed by atoms with Gasteiger partial charge in [-0.1, -0.05) is 12.1 Å². The zero-order chi connectivity index (χ0) is 10.8. The van der Waals surface area contributed by atoms with Crippen molar-refractivity contribution in [2.45, 2.75) is 13.0 Å². The van der Waals surface area contributed by atoms with E-state index in [2.05, 4.69) is 22.5 Å². The lowest BCUT2D eigenvalue weighted by molar-refractivity contribution is 0.765. The maximum absolute atomic E-state index is 5.57. The molecule has 15 heavy (non-hydrogen) atoms. The number of nitrogens with one attached hydrogen (secondary N) is 1. The van der Waals surface area contributed by atoms with E-state index in [9.17, 15) is 0 Å². The molecule has 0 bridgehead atoms. The molecule has 80 valence electrons. The Morgan fingerprint density at radius 1 is 1.47 bits per heavy atom. The molecule has 0 aliphatic rings. The van der Waals surface area contributed by atoms with Crippen molar-refractivity contribution < 1.29 is 0 Å². The summed E-state index contributed by atoms with van der Waals surface area (Å²) < 4.78 is 1.88. The molecular formula is C11H16N4. The van der Waals surface area contributed by atoms with E-state index in [4.69, 9.17) is 5.73 Å². The summed E-state index contributed by atoms with van der Waals surface area (Å²) in [6.07, 6.45) is 0. The van der Waals surface area contributed by atoms with E-state index < -0.39 is 0 Å². The summed E-state index contributed by atoms with van der Waals surface area (Å²) in [5.74, 6) is 0.908. The van der Waals surface area contributed by atoms with Gasteiger partial charge in [0.25, 0.3) is 0 Å². The molecule has 1 atom stereocenters. The van der Waals surface area contributed by atoms with Crippen molar-refractivity contribution in [3.05, 3.63) is 24.3 Å². The summed E-state index contributed by atoms with van der Waals surface area (Å²) in [4.78, 5) is 0. The lowest BCUT2D eigenvalue weighted by Crippen LogP contribution is -2.25. The zero-order valence-corrected chi connectivity index (χ0v) is 9.07. The van der Waals surface area contributed by atoms with Gasteiger partial charge in [0.15, 0.2) is 5.82 Å². The number of hydrogen-bond donors (Lipinski definition) is 2. The van der Waals surface area contributed by atoms with E-state index in [1.807, 2.05) is 30.8 Å². The van der Waals surface area contributed by atoms with Crippen molar-refractivity contribution in [1.82, 2.24) is 9.78 Å². The van der Waals surface area contributed by atoms with E-state index >= 15 is 0 Å². The first-order chi connectivity index (χ1) is 7.22. The summed E-state index contributed by atoms with van der Waals surface area (Å²) in [7, 11) is 1.95. The number of fused-ring (bicyclic) bond motifs is 1. The van der Waals surface area contributed by atoms with Crippen molar-refractivity contribution in [3.8, 4) is 0 Å². The predicted octanol–water partition coefficient (Wildman–Crippen LogP) is 1.33. The standard InChI is InChI=1S/C11H16N4/c1-8(7-12)13-11-9-5-3-4-6-10(9)15(2)14-11/h3-6,8H,7,12H2,1-2H3,(H,13,14). The van der Waals surface area contributed by atoms with Crippen LogP contribution in [0.5, 0.6) is 0 Å². The second-order valence-electron chi connectivity index (χ2n) is 3.77. The molecule has 3 N–H and O–H groups in total. The molecule has 0 amide bonds. The molecule has 0 fully saturated rings. The fraction of sp³-hybridized carbons (Fsp3) is 0.364. The van der Waals surface area contributed by atoms with Crippen molar-refractivity contribution in [3.63, 3.8) is 0 Å². The summed E-state index contributed by atoms with van der Waals surface area (Å²) in [5.41, 5.74) is 6.70. The molecule has 2 rings (SSSR count). The molecule has 1 heterocycles. The van der Waals surface area contributed by atoms with Crippen LogP contribution in [0.1, 0.15) is 6.92 Å². The Hall–Kier alpha value is -1.55. The number of nitrogens with zero attached hydrogens (tertiary/aromatic N) is 2. The number of hydrogen-bond acceptors (Lipinski definition) is 3. The smallest absolute Gasteiger partial charge is 0.156 e. The first-order valence-electron chi connectivity index (χ1n) is 5.10. The molecule has 0 aliphatic carbocycles. The largest absolute Gasteiger partial charge is 0.364 e. The molecule has 1 unspecified atom stereocenters. The molecule has 4 nitrogen and oxygen atoms in total. The molecule has 0 saturated heterocycles. The van der Waals surface area contributed by atoms with E-state index in [1.165, 1.54) is 0 Å². The first kappa shape index (κ1) is 9.98. The number of aromatic nitrogens is 2. The van der Waals surface area contributed by atoms with Gasteiger partial charge in [-0.15, -0.1) is 0 Å². The van der Waals surface area contributed by atoms with E-state index in [1.54, 1.807) is 0 Å². The highest BCUT2D eigenvalue weighted by atomic mass is 15.3. The van der Waals surface area contributed by atoms with Crippen molar-refractivity contribution in [1.29, 1.82) is 0 Å². The van der Waals surface area contributed by atoms with Crippen LogP contribution in [0.15, 0.2) is 24.3 Å². The second kappa shape index (κ2) is 3.90. The van der Waals surface area contributed by atoms with Gasteiger partial charge in [-0.05, 0) is 19.1 Å². The molecular weight excluding hydrogens is 188 g/mol. The van der Waals surface area contributed by atoms with Gasteiger partial charge in [0, 0.05) is 25.0 Å². The predicted molar refractivity (Wildman–Crippen MR) is 62.9 cm³/mol. The Morgan fingerprint density at radius 3 is 2.93 bits per heavy atom. The lowest BCUT2D eigenvalue weighted by Gasteiger charge is -2.09. The van der Waals surface area contributed by atoms with E-state index in [-0.39, 0.29) is 6.04 Å². The average molecular weight is 204 g/mol. The monoisotopic (exact) mass is 204 g/mol. The van der Waals surface area contributed by atoms with Gasteiger partial charge in [-0.3, -0.25) is 4.68 Å². The quantitative estimate of drug-likeness (QED) is 0.793. The fourth-order valence-corrected chi connectivity index (χ4v) is 1.61. The maximum Gasteiger partial charge on any atom is 0.156 e. The minimum atomic E-state index is 0.239. The summed E-state index contributed by atoms with van der Waals surface area (Å²) in [5, 5.41) is 8.87. The molecule has 1 aromatic carbocycles. The summed E-state index contributed by atoms with van der Waals surface area (Å²) in [6.45, 7) is 2.65. The molecule has 1 aromatic heterocycles. The topological polar surface area (TPSA) is 55.9 Å². The van der Waals surface area contributed by atoms with Gasteiger partial charge in [0.05, 0.1) is 5.52 Å². The van der Waals surface area contributed by atoms with Crippen molar-refractivity contribution >= 4 is 16.7 Å². The minimum absolute atomic E-state index is 0.239. The van der Waals surface area contributed by atoms with Gasteiger partial charge in [-0.25, -0.2) is 0 Å². The Kier molecular flexibility index (Phi) is 2.60. The third-order valence-corrected chi connectivity index (χ3v) is 2.49. The Labute approximate surface area is 89.1 Å². The number of benzene rings is 1. The van der Waals surface area contributed by atoms with Gasteiger partial charge in [-0.2, -0.15) is 5.10 Å². The fourth-order valence-electron chi connectivity index (χ4n) is 1.61. The maximum atomic E-state index is 5.57. The van der Waals surface area contributed by atoms with Crippen LogP contribution in [0.4, 0.5) is 5.82 Å². The van der Waals surface area contributed by atoms with Crippen LogP contribution in [0.25, 0.3) is 10.9 Å². The highest BCUT2D eigenvalue weighted by Crippen LogP contribution is 2.21. The molecule has 0 radical (unpaired) electrons. The van der Waals surface area contributed by atoms with Crippen LogP contribution >= 0.6 is 0 Å². The van der Waals surface area contributed by atoms with Gasteiger partial charge in [0.1, 0.15) is 0 Å². The normalized spacial score (nSPS) is 13.0. The zero-order valence-electron chi connectivity index (χ0n) is 9.07. The number of rotatable bonds is 3. The SMILES string of the molecule is CC(CN)Nc1nn(C)c2ccccc12. The number of para-hydroxylation sites is 1. The van der Waals surface area contributed by atoms with Crippen LogP contribution < -0.4 is 11.1 Å². The average Bonchev–Trinajstić information content (AvgIpc) is 2.57. The van der Waals surface area contributed by atoms with Crippen molar-refractivity contribution in [2.24, 2.45) is 12.8 Å². The number of anilines is 1. The van der Waals surface area contributed by atoms with Crippen LogP contribution in [0.2, 0.25) is 0 Å². The first-order valence-corrected chi connectivity index (χ1v) is 5.10. The molecule has 2 aromatic rings. The summed E-state index contributed by atoms with van der Waals surface area (Å²) >= 11 is 0. The Bertz CT molecular complexity index is 461. The highest BCUT2D eigenvalue weighted by molar-refractivity contribution is 5.90. The Balaban J connectivity index is 2.43. The van der Waals surface area contributed by atoms with Gasteiger partial charge < -0.3 is 11.1 Å². The number of nitrogens with two attached hydrogens (primary N) is 1. The highest BCUT2D eigenvalue weighted by Gasteiger charge is 2.08. The summed E-state index contributed by atoms with van der Waals surface area (Å²) in [6, 6.07) is 8.39. The van der Waals surface area contributed by atoms with E-state index in [0.29, 0.717) is 6.54 Å². The molecule has 0 spiro atoms. The van der Waals surface area contributed by atoms with Gasteiger partial charge >= 0.3 is 0 Å². The van der Waals surface area contributed by atoms with Crippen LogP contribution in [-0.2, 0) is 7.05 Å². The number of aryl methyl sites for hydroxylation is 1. The minimum Gasteiger partial charge on any atom is -0.364 e. The second-order valence-corrected chi connectivity index (χ2v) is 3.77. The third-order valence-electron chi connectivity index (χ3n) is 2.49. The van der Waals surface area contributed by atoms with Crippen LogP contribution in [-0.4, -0.2) is 22.4 Å². The van der Waals surface area contributed by atoms with Gasteiger partial charge in [0.2, 0.25) is 0 Å².